The van der Waals surface area contributed by atoms with Crippen molar-refractivity contribution >= 4 is 34.5 Å². The van der Waals surface area contributed by atoms with Gasteiger partial charge in [0.1, 0.15) is 0 Å². The van der Waals surface area contributed by atoms with Gasteiger partial charge in [0.25, 0.3) is 0 Å². The Kier molecular flexibility index (Phi) is 7.91. The molecule has 2 aromatic carbocycles. The Labute approximate surface area is 149 Å². The van der Waals surface area contributed by atoms with E-state index in [1.54, 1.807) is 0 Å². The van der Waals surface area contributed by atoms with E-state index in [9.17, 15) is 0 Å². The van der Waals surface area contributed by atoms with Crippen molar-refractivity contribution in [3.63, 3.8) is 0 Å². The summed E-state index contributed by atoms with van der Waals surface area (Å²) in [7, 11) is 0. The van der Waals surface area contributed by atoms with E-state index in [-0.39, 0.29) is 0 Å². The molecule has 23 heavy (non-hydrogen) atoms. The zero-order valence-corrected chi connectivity index (χ0v) is 14.9. The van der Waals surface area contributed by atoms with Crippen molar-refractivity contribution in [2.45, 2.75) is 38.5 Å². The summed E-state index contributed by atoms with van der Waals surface area (Å²) in [5.41, 5.74) is 2.67. The van der Waals surface area contributed by atoms with Crippen LogP contribution in [-0.2, 0) is 17.6 Å². The minimum atomic E-state index is 0.616. The van der Waals surface area contributed by atoms with E-state index in [1.165, 1.54) is 11.1 Å². The fourth-order valence-electron chi connectivity index (χ4n) is 2.39. The molecule has 0 aliphatic heterocycles. The van der Waals surface area contributed by atoms with Gasteiger partial charge in [-0.1, -0.05) is 60.7 Å². The molecular formula is C20H22OS2. The molecule has 0 saturated carbocycles. The molecule has 0 aliphatic rings. The second-order valence-electron chi connectivity index (χ2n) is 5.52. The molecule has 0 aliphatic carbocycles. The second-order valence-corrected chi connectivity index (χ2v) is 6.44. The smallest absolute Gasteiger partial charge is 0.168 e. The summed E-state index contributed by atoms with van der Waals surface area (Å²) < 4.78 is 5.59. The zero-order chi connectivity index (χ0) is 16.3. The molecule has 0 atom stereocenters. The average Bonchev–Trinajstić information content (AvgIpc) is 2.57. The third-order valence-electron chi connectivity index (χ3n) is 3.61. The van der Waals surface area contributed by atoms with Crippen molar-refractivity contribution in [2.75, 3.05) is 0 Å². The van der Waals surface area contributed by atoms with Crippen molar-refractivity contribution < 1.29 is 4.74 Å². The van der Waals surface area contributed by atoms with Crippen LogP contribution in [0.1, 0.15) is 36.8 Å². The molecule has 0 radical (unpaired) electrons. The van der Waals surface area contributed by atoms with Gasteiger partial charge in [0.2, 0.25) is 0 Å². The molecule has 0 amide bonds. The molecule has 120 valence electrons. The van der Waals surface area contributed by atoms with Gasteiger partial charge in [0.05, 0.1) is 0 Å². The topological polar surface area (TPSA) is 9.23 Å². The number of aryl methyl sites for hydroxylation is 2. The SMILES string of the molecule is S=C(CCCc1ccccc1)OC(=S)CCCc1ccccc1. The van der Waals surface area contributed by atoms with Gasteiger partial charge in [-0.05, 0) is 61.2 Å². The predicted octanol–water partition coefficient (Wildman–Crippen LogP) is 5.70. The molecule has 0 bridgehead atoms. The largest absolute Gasteiger partial charge is 0.443 e. The lowest BCUT2D eigenvalue weighted by molar-refractivity contribution is 0.529. The van der Waals surface area contributed by atoms with Crippen LogP contribution in [0.3, 0.4) is 0 Å². The van der Waals surface area contributed by atoms with Gasteiger partial charge >= 0.3 is 0 Å². The third kappa shape index (κ3) is 7.49. The van der Waals surface area contributed by atoms with Crippen molar-refractivity contribution in [3.05, 3.63) is 71.8 Å². The molecule has 2 aromatic rings. The minimum Gasteiger partial charge on any atom is -0.443 e. The molecule has 0 N–H and O–H groups in total. The van der Waals surface area contributed by atoms with E-state index in [4.69, 9.17) is 29.2 Å². The maximum atomic E-state index is 5.59. The first kappa shape index (κ1) is 17.8. The fourth-order valence-corrected chi connectivity index (χ4v) is 2.93. The van der Waals surface area contributed by atoms with Crippen LogP contribution in [0.5, 0.6) is 0 Å². The van der Waals surface area contributed by atoms with Gasteiger partial charge in [0.15, 0.2) is 10.1 Å². The summed E-state index contributed by atoms with van der Waals surface area (Å²) in [6.07, 6.45) is 5.59. The Hall–Kier alpha value is -1.58. The number of hydrogen-bond acceptors (Lipinski definition) is 3. The summed E-state index contributed by atoms with van der Waals surface area (Å²) in [4.78, 5) is 0. The van der Waals surface area contributed by atoms with Crippen LogP contribution in [-0.4, -0.2) is 10.1 Å². The normalized spacial score (nSPS) is 10.3. The molecule has 0 unspecified atom stereocenters. The zero-order valence-electron chi connectivity index (χ0n) is 13.2. The van der Waals surface area contributed by atoms with Crippen LogP contribution < -0.4 is 0 Å². The number of thiocarbonyl (C=S) groups is 2. The first-order valence-corrected chi connectivity index (χ1v) is 8.87. The molecule has 0 spiro atoms. The molecule has 0 heterocycles. The van der Waals surface area contributed by atoms with Gasteiger partial charge in [-0.15, -0.1) is 0 Å². The summed E-state index contributed by atoms with van der Waals surface area (Å²) in [5, 5.41) is 1.23. The van der Waals surface area contributed by atoms with Gasteiger partial charge in [-0.2, -0.15) is 0 Å². The molecule has 0 fully saturated rings. The van der Waals surface area contributed by atoms with Crippen molar-refractivity contribution in [1.82, 2.24) is 0 Å². The third-order valence-corrected chi connectivity index (χ3v) is 4.18. The van der Waals surface area contributed by atoms with E-state index >= 15 is 0 Å². The summed E-state index contributed by atoms with van der Waals surface area (Å²) in [6.45, 7) is 0. The highest BCUT2D eigenvalue weighted by atomic mass is 32.1. The summed E-state index contributed by atoms with van der Waals surface area (Å²) in [5.74, 6) is 0. The Morgan fingerprint density at radius 2 is 1.04 bits per heavy atom. The van der Waals surface area contributed by atoms with E-state index < -0.39 is 0 Å². The van der Waals surface area contributed by atoms with Crippen LogP contribution in [0.15, 0.2) is 60.7 Å². The molecule has 1 nitrogen and oxygen atoms in total. The number of rotatable bonds is 8. The monoisotopic (exact) mass is 342 g/mol. The van der Waals surface area contributed by atoms with Crippen LogP contribution in [0, 0.1) is 0 Å². The Morgan fingerprint density at radius 3 is 1.43 bits per heavy atom. The maximum Gasteiger partial charge on any atom is 0.168 e. The summed E-state index contributed by atoms with van der Waals surface area (Å²) >= 11 is 10.6. The van der Waals surface area contributed by atoms with Gasteiger partial charge in [-0.3, -0.25) is 0 Å². The maximum absolute atomic E-state index is 5.59. The average molecular weight is 343 g/mol. The van der Waals surface area contributed by atoms with E-state index in [2.05, 4.69) is 48.5 Å². The van der Waals surface area contributed by atoms with Crippen LogP contribution in [0.2, 0.25) is 0 Å². The molecule has 0 aromatic heterocycles. The van der Waals surface area contributed by atoms with Crippen molar-refractivity contribution in [1.29, 1.82) is 0 Å². The highest BCUT2D eigenvalue weighted by Gasteiger charge is 2.04. The van der Waals surface area contributed by atoms with Gasteiger partial charge in [0, 0.05) is 12.8 Å². The number of benzene rings is 2. The molecular weight excluding hydrogens is 320 g/mol. The quantitative estimate of drug-likeness (QED) is 0.569. The minimum absolute atomic E-state index is 0.616. The van der Waals surface area contributed by atoms with E-state index in [0.29, 0.717) is 10.1 Å². The predicted molar refractivity (Wildman–Crippen MR) is 105 cm³/mol. The lowest BCUT2D eigenvalue weighted by Gasteiger charge is -2.08. The Bertz CT molecular complexity index is 553. The van der Waals surface area contributed by atoms with Crippen LogP contribution in [0.4, 0.5) is 0 Å². The molecule has 3 heteroatoms. The number of hydrogen-bond donors (Lipinski definition) is 0. The van der Waals surface area contributed by atoms with E-state index in [0.717, 1.165) is 38.5 Å². The van der Waals surface area contributed by atoms with Crippen molar-refractivity contribution in [2.24, 2.45) is 0 Å². The standard InChI is InChI=1S/C20H22OS2/c22-19(15-7-13-17-9-3-1-4-10-17)21-20(23)16-8-14-18-11-5-2-6-12-18/h1-6,9-12H,7-8,13-16H2. The number of ether oxygens (including phenoxy) is 1. The highest BCUT2D eigenvalue weighted by molar-refractivity contribution is 7.81. The highest BCUT2D eigenvalue weighted by Crippen LogP contribution is 2.09. The first-order valence-electron chi connectivity index (χ1n) is 8.05. The molecule has 2 rings (SSSR count). The van der Waals surface area contributed by atoms with Gasteiger partial charge in [-0.25, -0.2) is 0 Å². The van der Waals surface area contributed by atoms with Crippen molar-refractivity contribution in [3.8, 4) is 0 Å². The lowest BCUT2D eigenvalue weighted by Crippen LogP contribution is -2.09. The van der Waals surface area contributed by atoms with E-state index in [1.807, 2.05) is 12.1 Å². The molecule has 0 saturated heterocycles. The Morgan fingerprint density at radius 1 is 0.652 bits per heavy atom. The lowest BCUT2D eigenvalue weighted by atomic mass is 10.1. The van der Waals surface area contributed by atoms with Crippen LogP contribution >= 0.6 is 24.4 Å². The van der Waals surface area contributed by atoms with Gasteiger partial charge < -0.3 is 4.74 Å². The fraction of sp³-hybridized carbons (Fsp3) is 0.300. The second kappa shape index (κ2) is 10.2. The van der Waals surface area contributed by atoms with Crippen LogP contribution in [0.25, 0.3) is 0 Å². The Balaban J connectivity index is 1.58. The first-order chi connectivity index (χ1) is 11.2. The summed E-state index contributed by atoms with van der Waals surface area (Å²) in [6, 6.07) is 20.9.